The van der Waals surface area contributed by atoms with E-state index in [1.165, 1.54) is 19.2 Å². The van der Waals surface area contributed by atoms with E-state index in [2.05, 4.69) is 0 Å². The number of hydrogen-bond donors (Lipinski definition) is 3. The van der Waals surface area contributed by atoms with Crippen LogP contribution in [0.1, 0.15) is 18.9 Å². The Labute approximate surface area is 136 Å². The zero-order valence-electron chi connectivity index (χ0n) is 13.5. The normalized spacial score (nSPS) is 17.5. The van der Waals surface area contributed by atoms with Gasteiger partial charge in [-0.05, 0) is 25.5 Å². The summed E-state index contributed by atoms with van der Waals surface area (Å²) in [6.07, 6.45) is -2.49. The summed E-state index contributed by atoms with van der Waals surface area (Å²) in [5.74, 6) is 0. The summed E-state index contributed by atoms with van der Waals surface area (Å²) >= 11 is 0. The Morgan fingerprint density at radius 3 is 2.22 bits per heavy atom. The summed E-state index contributed by atoms with van der Waals surface area (Å²) in [7, 11) is -2.88. The maximum atomic E-state index is 12.2. The van der Waals surface area contributed by atoms with Gasteiger partial charge < -0.3 is 20.1 Å². The van der Waals surface area contributed by atoms with Gasteiger partial charge >= 0.3 is 0 Å². The van der Waals surface area contributed by atoms with Crippen molar-refractivity contribution in [1.29, 1.82) is 0 Å². The second-order valence-corrected chi connectivity index (χ2v) is 6.99. The fourth-order valence-electron chi connectivity index (χ4n) is 1.99. The third kappa shape index (κ3) is 4.72. The molecule has 1 aromatic carbocycles. The minimum atomic E-state index is -4.08. The van der Waals surface area contributed by atoms with Crippen LogP contribution in [-0.4, -0.2) is 61.9 Å². The number of aryl methyl sites for hydroxylation is 1. The monoisotopic (exact) mass is 348 g/mol. The summed E-state index contributed by atoms with van der Waals surface area (Å²) in [5.41, 5.74) is -0.847. The van der Waals surface area contributed by atoms with Gasteiger partial charge in [0, 0.05) is 7.11 Å². The minimum absolute atomic E-state index is 0.0448. The van der Waals surface area contributed by atoms with Crippen molar-refractivity contribution in [3.63, 3.8) is 0 Å². The molecule has 3 atom stereocenters. The fraction of sp³-hybridized carbons (Fsp3) is 0.600. The number of aliphatic hydroxyl groups excluding tert-OH is 3. The maximum Gasteiger partial charge on any atom is 0.297 e. The van der Waals surface area contributed by atoms with E-state index in [1.807, 2.05) is 6.92 Å². The predicted molar refractivity (Wildman–Crippen MR) is 83.4 cm³/mol. The SMILES string of the molecule is CCC(O)C(O)C(CO)(COS(=O)(=O)c1ccc(C)cc1)OC. The highest BCUT2D eigenvalue weighted by Gasteiger charge is 2.43. The molecule has 1 rings (SSSR count). The lowest BCUT2D eigenvalue weighted by Gasteiger charge is -2.36. The lowest BCUT2D eigenvalue weighted by atomic mass is 9.93. The van der Waals surface area contributed by atoms with Crippen molar-refractivity contribution in [1.82, 2.24) is 0 Å². The van der Waals surface area contributed by atoms with Crippen LogP contribution in [0.2, 0.25) is 0 Å². The highest BCUT2D eigenvalue weighted by Crippen LogP contribution is 2.23. The average Bonchev–Trinajstić information content (AvgIpc) is 2.55. The molecule has 3 unspecified atom stereocenters. The number of hydrogen-bond acceptors (Lipinski definition) is 7. The molecular weight excluding hydrogens is 324 g/mol. The van der Waals surface area contributed by atoms with Crippen LogP contribution in [0.4, 0.5) is 0 Å². The Hall–Kier alpha value is -1.03. The molecule has 23 heavy (non-hydrogen) atoms. The molecule has 0 aromatic heterocycles. The molecule has 8 heteroatoms. The van der Waals surface area contributed by atoms with Gasteiger partial charge in [0.1, 0.15) is 18.3 Å². The van der Waals surface area contributed by atoms with Crippen LogP contribution in [0, 0.1) is 6.92 Å². The van der Waals surface area contributed by atoms with Crippen molar-refractivity contribution in [3.05, 3.63) is 29.8 Å². The standard InChI is InChI=1S/C15H24O7S/c1-4-13(17)14(18)15(9-16,21-3)10-22-23(19,20)12-7-5-11(2)6-8-12/h5-8,13-14,16-18H,4,9-10H2,1-3H3. The Morgan fingerprint density at radius 2 is 1.78 bits per heavy atom. The molecule has 1 aromatic rings. The van der Waals surface area contributed by atoms with E-state index in [1.54, 1.807) is 19.1 Å². The van der Waals surface area contributed by atoms with Gasteiger partial charge in [0.05, 0.1) is 17.6 Å². The molecule has 0 saturated heterocycles. The van der Waals surface area contributed by atoms with Gasteiger partial charge in [0.25, 0.3) is 10.1 Å². The van der Waals surface area contributed by atoms with Crippen molar-refractivity contribution in [2.45, 2.75) is 43.0 Å². The number of methoxy groups -OCH3 is 1. The van der Waals surface area contributed by atoms with Crippen molar-refractivity contribution >= 4 is 10.1 Å². The van der Waals surface area contributed by atoms with Crippen LogP contribution in [0.15, 0.2) is 29.2 Å². The van der Waals surface area contributed by atoms with Gasteiger partial charge in [-0.1, -0.05) is 24.6 Å². The predicted octanol–water partition coefficient (Wildman–Crippen LogP) is 0.210. The topological polar surface area (TPSA) is 113 Å². The lowest BCUT2D eigenvalue weighted by molar-refractivity contribution is -0.177. The van der Waals surface area contributed by atoms with E-state index in [0.29, 0.717) is 0 Å². The Morgan fingerprint density at radius 1 is 1.22 bits per heavy atom. The summed E-state index contributed by atoms with van der Waals surface area (Å²) < 4.78 is 34.4. The van der Waals surface area contributed by atoms with Crippen molar-refractivity contribution in [3.8, 4) is 0 Å². The highest BCUT2D eigenvalue weighted by atomic mass is 32.2. The molecule has 0 aliphatic carbocycles. The van der Waals surface area contributed by atoms with E-state index in [-0.39, 0.29) is 11.3 Å². The largest absolute Gasteiger partial charge is 0.393 e. The first kappa shape index (κ1) is 20.0. The van der Waals surface area contributed by atoms with E-state index in [9.17, 15) is 23.7 Å². The van der Waals surface area contributed by atoms with E-state index < -0.39 is 41.1 Å². The van der Waals surface area contributed by atoms with Gasteiger partial charge in [-0.3, -0.25) is 4.18 Å². The van der Waals surface area contributed by atoms with Gasteiger partial charge in [-0.25, -0.2) is 0 Å². The first-order valence-electron chi connectivity index (χ1n) is 7.20. The first-order valence-corrected chi connectivity index (χ1v) is 8.61. The number of ether oxygens (including phenoxy) is 1. The summed E-state index contributed by atoms with van der Waals surface area (Å²) in [6, 6.07) is 6.05. The van der Waals surface area contributed by atoms with Crippen molar-refractivity contribution < 1.29 is 32.7 Å². The Balaban J connectivity index is 2.96. The number of rotatable bonds is 9. The van der Waals surface area contributed by atoms with Gasteiger partial charge in [0.15, 0.2) is 0 Å². The zero-order valence-corrected chi connectivity index (χ0v) is 14.3. The molecule has 0 aliphatic rings. The molecule has 0 saturated carbocycles. The quantitative estimate of drug-likeness (QED) is 0.547. The Bertz CT molecular complexity index is 578. The van der Waals surface area contributed by atoms with Crippen LogP contribution in [0.3, 0.4) is 0 Å². The van der Waals surface area contributed by atoms with Crippen LogP contribution in [-0.2, 0) is 19.0 Å². The molecule has 0 fully saturated rings. The second-order valence-electron chi connectivity index (χ2n) is 5.38. The van der Waals surface area contributed by atoms with Crippen molar-refractivity contribution in [2.75, 3.05) is 20.3 Å². The molecule has 0 amide bonds. The van der Waals surface area contributed by atoms with E-state index >= 15 is 0 Å². The maximum absolute atomic E-state index is 12.2. The molecule has 0 spiro atoms. The molecule has 0 aliphatic heterocycles. The minimum Gasteiger partial charge on any atom is -0.393 e. The second kappa shape index (κ2) is 8.18. The smallest absolute Gasteiger partial charge is 0.297 e. The number of aliphatic hydroxyl groups is 3. The molecule has 7 nitrogen and oxygen atoms in total. The van der Waals surface area contributed by atoms with Gasteiger partial charge in [0.2, 0.25) is 0 Å². The molecule has 0 radical (unpaired) electrons. The average molecular weight is 348 g/mol. The van der Waals surface area contributed by atoms with E-state index in [4.69, 9.17) is 8.92 Å². The van der Waals surface area contributed by atoms with Crippen LogP contribution in [0.5, 0.6) is 0 Å². The molecule has 0 heterocycles. The molecule has 3 N–H and O–H groups in total. The Kier molecular flexibility index (Phi) is 7.12. The van der Waals surface area contributed by atoms with Crippen LogP contribution < -0.4 is 0 Å². The third-order valence-corrected chi connectivity index (χ3v) is 5.04. The molecule has 0 bridgehead atoms. The third-order valence-electron chi connectivity index (χ3n) is 3.76. The summed E-state index contributed by atoms with van der Waals surface area (Å²) in [4.78, 5) is -0.0448. The molecular formula is C15H24O7S. The highest BCUT2D eigenvalue weighted by molar-refractivity contribution is 7.86. The van der Waals surface area contributed by atoms with Crippen LogP contribution >= 0.6 is 0 Å². The van der Waals surface area contributed by atoms with Gasteiger partial charge in [-0.15, -0.1) is 0 Å². The van der Waals surface area contributed by atoms with E-state index in [0.717, 1.165) is 5.56 Å². The summed E-state index contributed by atoms with van der Waals surface area (Å²) in [6.45, 7) is 2.11. The summed E-state index contributed by atoms with van der Waals surface area (Å²) in [5, 5.41) is 29.4. The lowest BCUT2D eigenvalue weighted by Crippen LogP contribution is -2.56. The number of benzene rings is 1. The fourth-order valence-corrected chi connectivity index (χ4v) is 2.95. The van der Waals surface area contributed by atoms with Crippen molar-refractivity contribution in [2.24, 2.45) is 0 Å². The van der Waals surface area contributed by atoms with Crippen LogP contribution in [0.25, 0.3) is 0 Å². The zero-order chi connectivity index (χ0) is 17.7. The van der Waals surface area contributed by atoms with Gasteiger partial charge in [-0.2, -0.15) is 8.42 Å². The molecule has 132 valence electrons. The first-order chi connectivity index (χ1) is 10.7.